The highest BCUT2D eigenvalue weighted by Gasteiger charge is 2.15. The third-order valence-electron chi connectivity index (χ3n) is 3.46. The number of benzene rings is 1. The summed E-state index contributed by atoms with van der Waals surface area (Å²) in [6.07, 6.45) is 1.25. The van der Waals surface area contributed by atoms with Crippen LogP contribution in [0.5, 0.6) is 11.5 Å². The first-order valence-corrected chi connectivity index (χ1v) is 8.05. The molecule has 1 aromatic heterocycles. The molecule has 0 fully saturated rings. The van der Waals surface area contributed by atoms with E-state index >= 15 is 0 Å². The van der Waals surface area contributed by atoms with Gasteiger partial charge < -0.3 is 14.8 Å². The molecule has 5 heteroatoms. The minimum atomic E-state index is -0.138. The molecule has 22 heavy (non-hydrogen) atoms. The van der Waals surface area contributed by atoms with Crippen LogP contribution in [-0.4, -0.2) is 20.1 Å². The van der Waals surface area contributed by atoms with E-state index in [9.17, 15) is 4.79 Å². The standard InChI is InChI=1S/C17H21NO3S/c1-12(15-11-13(20-2)6-8-16(15)21-3)18-17(19)9-7-14-5-4-10-22-14/h4-6,8,10-12H,7,9H2,1-3H3,(H,18,19)/t12-/m0/s1. The quantitative estimate of drug-likeness (QED) is 0.848. The van der Waals surface area contributed by atoms with Crippen molar-refractivity contribution in [3.05, 3.63) is 46.2 Å². The van der Waals surface area contributed by atoms with E-state index in [-0.39, 0.29) is 11.9 Å². The maximum Gasteiger partial charge on any atom is 0.220 e. The second-order valence-electron chi connectivity index (χ2n) is 4.98. The maximum atomic E-state index is 12.1. The molecular formula is C17H21NO3S. The topological polar surface area (TPSA) is 47.6 Å². The lowest BCUT2D eigenvalue weighted by Crippen LogP contribution is -2.27. The van der Waals surface area contributed by atoms with E-state index in [1.54, 1.807) is 25.6 Å². The molecule has 2 aromatic rings. The van der Waals surface area contributed by atoms with Crippen molar-refractivity contribution in [2.75, 3.05) is 14.2 Å². The number of carbonyl (C=O) groups excluding carboxylic acids is 1. The Balaban J connectivity index is 1.98. The molecule has 0 unspecified atom stereocenters. The summed E-state index contributed by atoms with van der Waals surface area (Å²) in [5, 5.41) is 5.04. The van der Waals surface area contributed by atoms with Gasteiger partial charge in [-0.3, -0.25) is 4.79 Å². The highest BCUT2D eigenvalue weighted by molar-refractivity contribution is 7.09. The summed E-state index contributed by atoms with van der Waals surface area (Å²) in [7, 11) is 3.24. The van der Waals surface area contributed by atoms with Gasteiger partial charge in [-0.05, 0) is 43.0 Å². The Bertz CT molecular complexity index is 610. The first-order valence-electron chi connectivity index (χ1n) is 7.17. The number of rotatable bonds is 7. The van der Waals surface area contributed by atoms with Gasteiger partial charge in [-0.1, -0.05) is 6.07 Å². The van der Waals surface area contributed by atoms with Crippen molar-refractivity contribution >= 4 is 17.2 Å². The number of carbonyl (C=O) groups is 1. The normalized spacial score (nSPS) is 11.8. The Labute approximate surface area is 135 Å². The van der Waals surface area contributed by atoms with Crippen LogP contribution < -0.4 is 14.8 Å². The smallest absolute Gasteiger partial charge is 0.220 e. The molecule has 0 saturated heterocycles. The highest BCUT2D eigenvalue weighted by atomic mass is 32.1. The van der Waals surface area contributed by atoms with Crippen LogP contribution >= 0.6 is 11.3 Å². The Morgan fingerprint density at radius 3 is 2.73 bits per heavy atom. The second kappa shape index (κ2) is 7.84. The van der Waals surface area contributed by atoms with Gasteiger partial charge in [-0.25, -0.2) is 0 Å². The number of amides is 1. The first kappa shape index (κ1) is 16.4. The van der Waals surface area contributed by atoms with Crippen LogP contribution in [0.4, 0.5) is 0 Å². The minimum Gasteiger partial charge on any atom is -0.497 e. The van der Waals surface area contributed by atoms with E-state index in [2.05, 4.69) is 5.32 Å². The Hall–Kier alpha value is -2.01. The van der Waals surface area contributed by atoms with Gasteiger partial charge in [0.2, 0.25) is 5.91 Å². The van der Waals surface area contributed by atoms with Crippen molar-refractivity contribution in [1.82, 2.24) is 5.32 Å². The summed E-state index contributed by atoms with van der Waals surface area (Å²) in [6.45, 7) is 1.94. The van der Waals surface area contributed by atoms with Gasteiger partial charge in [-0.15, -0.1) is 11.3 Å². The van der Waals surface area contributed by atoms with Crippen LogP contribution in [0.2, 0.25) is 0 Å². The lowest BCUT2D eigenvalue weighted by atomic mass is 10.1. The number of nitrogens with one attached hydrogen (secondary N) is 1. The summed E-state index contributed by atoms with van der Waals surface area (Å²) in [4.78, 5) is 13.3. The second-order valence-corrected chi connectivity index (χ2v) is 6.01. The fraction of sp³-hybridized carbons (Fsp3) is 0.353. The van der Waals surface area contributed by atoms with Crippen LogP contribution in [0.25, 0.3) is 0 Å². The van der Waals surface area contributed by atoms with Gasteiger partial charge in [0.25, 0.3) is 0 Å². The summed E-state index contributed by atoms with van der Waals surface area (Å²) in [5.74, 6) is 1.52. The van der Waals surface area contributed by atoms with E-state index in [4.69, 9.17) is 9.47 Å². The molecule has 0 bridgehead atoms. The zero-order valence-corrected chi connectivity index (χ0v) is 13.9. The van der Waals surface area contributed by atoms with Gasteiger partial charge >= 0.3 is 0 Å². The van der Waals surface area contributed by atoms with Crippen LogP contribution in [-0.2, 0) is 11.2 Å². The summed E-state index contributed by atoms with van der Waals surface area (Å²) < 4.78 is 10.6. The van der Waals surface area contributed by atoms with Crippen molar-refractivity contribution < 1.29 is 14.3 Å². The third kappa shape index (κ3) is 4.24. The first-order chi connectivity index (χ1) is 10.6. The van der Waals surface area contributed by atoms with E-state index in [1.165, 1.54) is 4.88 Å². The number of ether oxygens (including phenoxy) is 2. The Morgan fingerprint density at radius 1 is 1.27 bits per heavy atom. The van der Waals surface area contributed by atoms with E-state index in [0.717, 1.165) is 23.5 Å². The highest BCUT2D eigenvalue weighted by Crippen LogP contribution is 2.29. The van der Waals surface area contributed by atoms with E-state index in [0.29, 0.717) is 6.42 Å². The molecule has 1 heterocycles. The molecule has 0 saturated carbocycles. The number of methoxy groups -OCH3 is 2. The van der Waals surface area contributed by atoms with E-state index in [1.807, 2.05) is 42.6 Å². The molecule has 1 amide bonds. The van der Waals surface area contributed by atoms with Crippen LogP contribution in [0, 0.1) is 0 Å². The number of hydrogen-bond donors (Lipinski definition) is 1. The number of hydrogen-bond acceptors (Lipinski definition) is 4. The van der Waals surface area contributed by atoms with Gasteiger partial charge in [-0.2, -0.15) is 0 Å². The Morgan fingerprint density at radius 2 is 2.09 bits per heavy atom. The molecule has 1 N–H and O–H groups in total. The molecule has 0 aliphatic heterocycles. The maximum absolute atomic E-state index is 12.1. The van der Waals surface area contributed by atoms with E-state index < -0.39 is 0 Å². The molecule has 0 aliphatic rings. The predicted molar refractivity (Wildman–Crippen MR) is 88.7 cm³/mol. The van der Waals surface area contributed by atoms with Crippen molar-refractivity contribution in [3.8, 4) is 11.5 Å². The minimum absolute atomic E-state index is 0.0331. The molecule has 118 valence electrons. The van der Waals surface area contributed by atoms with Gasteiger partial charge in [0, 0.05) is 16.9 Å². The molecule has 0 aliphatic carbocycles. The largest absolute Gasteiger partial charge is 0.497 e. The van der Waals surface area contributed by atoms with Gasteiger partial charge in [0.15, 0.2) is 0 Å². The average Bonchev–Trinajstić information content (AvgIpc) is 3.05. The monoisotopic (exact) mass is 319 g/mol. The lowest BCUT2D eigenvalue weighted by Gasteiger charge is -2.18. The van der Waals surface area contributed by atoms with Crippen LogP contribution in [0.3, 0.4) is 0 Å². The van der Waals surface area contributed by atoms with Gasteiger partial charge in [0.1, 0.15) is 11.5 Å². The zero-order valence-electron chi connectivity index (χ0n) is 13.1. The fourth-order valence-corrected chi connectivity index (χ4v) is 2.97. The summed E-state index contributed by atoms with van der Waals surface area (Å²) in [6, 6.07) is 9.49. The molecule has 1 aromatic carbocycles. The van der Waals surface area contributed by atoms with Crippen molar-refractivity contribution in [3.63, 3.8) is 0 Å². The Kier molecular flexibility index (Phi) is 5.83. The number of thiophene rings is 1. The average molecular weight is 319 g/mol. The summed E-state index contributed by atoms with van der Waals surface area (Å²) in [5.41, 5.74) is 0.909. The van der Waals surface area contributed by atoms with Crippen molar-refractivity contribution in [2.45, 2.75) is 25.8 Å². The molecule has 2 rings (SSSR count). The molecule has 1 atom stereocenters. The van der Waals surface area contributed by atoms with Gasteiger partial charge in [0.05, 0.1) is 20.3 Å². The van der Waals surface area contributed by atoms with Crippen molar-refractivity contribution in [1.29, 1.82) is 0 Å². The summed E-state index contributed by atoms with van der Waals surface area (Å²) >= 11 is 1.67. The third-order valence-corrected chi connectivity index (χ3v) is 4.40. The van der Waals surface area contributed by atoms with Crippen molar-refractivity contribution in [2.24, 2.45) is 0 Å². The molecular weight excluding hydrogens is 298 g/mol. The molecule has 0 radical (unpaired) electrons. The zero-order chi connectivity index (χ0) is 15.9. The van der Waals surface area contributed by atoms with Crippen LogP contribution in [0.1, 0.15) is 29.8 Å². The number of aryl methyl sites for hydroxylation is 1. The molecule has 4 nitrogen and oxygen atoms in total. The van der Waals surface area contributed by atoms with Crippen LogP contribution in [0.15, 0.2) is 35.7 Å². The SMILES string of the molecule is COc1ccc(OC)c([C@H](C)NC(=O)CCc2cccs2)c1. The lowest BCUT2D eigenvalue weighted by molar-refractivity contribution is -0.121. The predicted octanol–water partition coefficient (Wildman–Crippen LogP) is 3.58. The fourth-order valence-electron chi connectivity index (χ4n) is 2.26. The molecule has 0 spiro atoms.